The Morgan fingerprint density at radius 2 is 1.87 bits per heavy atom. The zero-order valence-corrected chi connectivity index (χ0v) is 14.1. The monoisotopic (exact) mass is 338 g/mol. The second-order valence-electron chi connectivity index (χ2n) is 5.06. The lowest BCUT2D eigenvalue weighted by Crippen LogP contribution is -2.44. The van der Waals surface area contributed by atoms with E-state index in [1.54, 1.807) is 19.1 Å². The van der Waals surface area contributed by atoms with E-state index in [2.05, 4.69) is 10.6 Å². The summed E-state index contributed by atoms with van der Waals surface area (Å²) in [7, 11) is 0. The van der Waals surface area contributed by atoms with E-state index in [1.165, 1.54) is 11.8 Å². The number of hydrogen-bond acceptors (Lipinski definition) is 4. The van der Waals surface area contributed by atoms with Crippen molar-refractivity contribution in [1.82, 2.24) is 5.32 Å². The number of carbonyl (C=O) groups is 3. The first-order chi connectivity index (χ1) is 10.9. The van der Waals surface area contributed by atoms with Crippen LogP contribution in [-0.4, -0.2) is 39.9 Å². The van der Waals surface area contributed by atoms with Gasteiger partial charge in [-0.25, -0.2) is 4.79 Å². The lowest BCUT2D eigenvalue weighted by atomic mass is 10.1. The number of rotatable bonds is 9. The van der Waals surface area contributed by atoms with Gasteiger partial charge >= 0.3 is 5.97 Å². The van der Waals surface area contributed by atoms with Gasteiger partial charge in [0.05, 0.1) is 11.0 Å². The van der Waals surface area contributed by atoms with Gasteiger partial charge in [0.1, 0.15) is 6.04 Å². The Labute approximate surface area is 140 Å². The van der Waals surface area contributed by atoms with Crippen molar-refractivity contribution in [3.63, 3.8) is 0 Å². The number of amides is 2. The molecule has 2 amide bonds. The fourth-order valence-electron chi connectivity index (χ4n) is 1.83. The van der Waals surface area contributed by atoms with Gasteiger partial charge in [-0.3, -0.25) is 9.59 Å². The predicted octanol–water partition coefficient (Wildman–Crippen LogP) is 2.12. The molecule has 6 nitrogen and oxygen atoms in total. The van der Waals surface area contributed by atoms with Gasteiger partial charge in [-0.2, -0.15) is 0 Å². The second-order valence-corrected chi connectivity index (χ2v) is 6.38. The van der Waals surface area contributed by atoms with E-state index in [-0.39, 0.29) is 17.6 Å². The summed E-state index contributed by atoms with van der Waals surface area (Å²) < 4.78 is 0. The molecule has 0 heterocycles. The largest absolute Gasteiger partial charge is 0.480 e. The molecule has 0 aliphatic rings. The minimum Gasteiger partial charge on any atom is -0.480 e. The Morgan fingerprint density at radius 1 is 1.22 bits per heavy atom. The molecule has 1 aromatic rings. The van der Waals surface area contributed by atoms with Crippen LogP contribution in [0.1, 0.15) is 26.7 Å². The third-order valence-corrected chi connectivity index (χ3v) is 4.23. The van der Waals surface area contributed by atoms with Crippen molar-refractivity contribution in [1.29, 1.82) is 0 Å². The first-order valence-corrected chi connectivity index (χ1v) is 8.48. The number of carboxylic acid groups (broad SMARTS) is 1. The highest BCUT2D eigenvalue weighted by atomic mass is 32.2. The lowest BCUT2D eigenvalue weighted by molar-refractivity contribution is -0.141. The maximum Gasteiger partial charge on any atom is 0.326 e. The zero-order chi connectivity index (χ0) is 17.2. The van der Waals surface area contributed by atoms with Crippen LogP contribution in [0.25, 0.3) is 0 Å². The lowest BCUT2D eigenvalue weighted by Gasteiger charge is -2.17. The van der Waals surface area contributed by atoms with Gasteiger partial charge in [0.25, 0.3) is 0 Å². The molecule has 0 spiro atoms. The van der Waals surface area contributed by atoms with Gasteiger partial charge in [-0.15, -0.1) is 11.8 Å². The molecule has 0 saturated carbocycles. The summed E-state index contributed by atoms with van der Waals surface area (Å²) in [6.45, 7) is 3.51. The highest BCUT2D eigenvalue weighted by molar-refractivity contribution is 8.01. The average Bonchev–Trinajstić information content (AvgIpc) is 2.52. The standard InChI is InChI=1S/C16H22N2O4S/c1-3-7-13(16(21)22)18-15(20)11(2)23-10-14(19)17-12-8-5-4-6-9-12/h4-6,8-9,11,13H,3,7,10H2,1-2H3,(H,17,19)(H,18,20)(H,21,22). The number of carboxylic acids is 1. The molecule has 0 fully saturated rings. The fourth-order valence-corrected chi connectivity index (χ4v) is 2.52. The summed E-state index contributed by atoms with van der Waals surface area (Å²) in [6, 6.07) is 8.17. The van der Waals surface area contributed by atoms with E-state index in [0.717, 1.165) is 0 Å². The Balaban J connectivity index is 2.39. The number of aliphatic carboxylic acids is 1. The van der Waals surface area contributed by atoms with E-state index < -0.39 is 17.3 Å². The Hall–Kier alpha value is -2.02. The number of nitrogens with one attached hydrogen (secondary N) is 2. The molecule has 0 aliphatic carbocycles. The maximum absolute atomic E-state index is 12.0. The molecule has 126 valence electrons. The third kappa shape index (κ3) is 7.19. The van der Waals surface area contributed by atoms with Crippen LogP contribution in [0.2, 0.25) is 0 Å². The van der Waals surface area contributed by atoms with E-state index in [4.69, 9.17) is 5.11 Å². The SMILES string of the molecule is CCCC(NC(=O)C(C)SCC(=O)Nc1ccccc1)C(=O)O. The van der Waals surface area contributed by atoms with E-state index in [1.807, 2.05) is 25.1 Å². The van der Waals surface area contributed by atoms with Crippen molar-refractivity contribution in [2.45, 2.75) is 38.0 Å². The van der Waals surface area contributed by atoms with Crippen LogP contribution in [0.5, 0.6) is 0 Å². The summed E-state index contributed by atoms with van der Waals surface area (Å²) >= 11 is 1.17. The van der Waals surface area contributed by atoms with Crippen molar-refractivity contribution in [3.05, 3.63) is 30.3 Å². The minimum absolute atomic E-state index is 0.120. The predicted molar refractivity (Wildman–Crippen MR) is 91.5 cm³/mol. The number of benzene rings is 1. The molecule has 1 aromatic carbocycles. The van der Waals surface area contributed by atoms with Crippen molar-refractivity contribution in [3.8, 4) is 0 Å². The van der Waals surface area contributed by atoms with Crippen LogP contribution in [-0.2, 0) is 14.4 Å². The quantitative estimate of drug-likeness (QED) is 0.641. The second kappa shape index (κ2) is 9.89. The minimum atomic E-state index is -1.04. The van der Waals surface area contributed by atoms with Crippen molar-refractivity contribution >= 4 is 35.2 Å². The molecule has 0 saturated heterocycles. The molecule has 0 bridgehead atoms. The molecule has 7 heteroatoms. The highest BCUT2D eigenvalue weighted by Gasteiger charge is 2.22. The van der Waals surface area contributed by atoms with E-state index >= 15 is 0 Å². The summed E-state index contributed by atoms with van der Waals surface area (Å²) in [4.78, 5) is 34.8. The molecule has 23 heavy (non-hydrogen) atoms. The van der Waals surface area contributed by atoms with Gasteiger partial charge in [0.2, 0.25) is 11.8 Å². The van der Waals surface area contributed by atoms with Crippen LogP contribution in [0, 0.1) is 0 Å². The van der Waals surface area contributed by atoms with Crippen LogP contribution < -0.4 is 10.6 Å². The van der Waals surface area contributed by atoms with E-state index in [9.17, 15) is 14.4 Å². The molecule has 1 rings (SSSR count). The summed E-state index contributed by atoms with van der Waals surface area (Å²) in [6.07, 6.45) is 1.05. The summed E-state index contributed by atoms with van der Waals surface area (Å²) in [5.41, 5.74) is 0.698. The van der Waals surface area contributed by atoms with Gasteiger partial charge in [0.15, 0.2) is 0 Å². The number of hydrogen-bond donors (Lipinski definition) is 3. The number of anilines is 1. The first-order valence-electron chi connectivity index (χ1n) is 7.43. The maximum atomic E-state index is 12.0. The van der Waals surface area contributed by atoms with Crippen LogP contribution in [0.15, 0.2) is 30.3 Å². The van der Waals surface area contributed by atoms with Gasteiger partial charge in [-0.05, 0) is 25.5 Å². The topological polar surface area (TPSA) is 95.5 Å². The first kappa shape index (κ1) is 19.0. The summed E-state index contributed by atoms with van der Waals surface area (Å²) in [5, 5.41) is 13.8. The highest BCUT2D eigenvalue weighted by Crippen LogP contribution is 2.13. The number of para-hydroxylation sites is 1. The van der Waals surface area contributed by atoms with Gasteiger partial charge in [0, 0.05) is 5.69 Å². The van der Waals surface area contributed by atoms with Crippen molar-refractivity contribution in [2.24, 2.45) is 0 Å². The Kier molecular flexibility index (Phi) is 8.18. The van der Waals surface area contributed by atoms with Gasteiger partial charge in [-0.1, -0.05) is 31.5 Å². The Bertz CT molecular complexity index is 536. The summed E-state index contributed by atoms with van der Waals surface area (Å²) in [5.74, 6) is -1.50. The molecule has 0 aromatic heterocycles. The van der Waals surface area contributed by atoms with Crippen molar-refractivity contribution in [2.75, 3.05) is 11.1 Å². The van der Waals surface area contributed by atoms with Crippen molar-refractivity contribution < 1.29 is 19.5 Å². The number of thioether (sulfide) groups is 1. The zero-order valence-electron chi connectivity index (χ0n) is 13.2. The fraction of sp³-hybridized carbons (Fsp3) is 0.438. The molecular weight excluding hydrogens is 316 g/mol. The van der Waals surface area contributed by atoms with Crippen LogP contribution in [0.4, 0.5) is 5.69 Å². The number of carbonyl (C=O) groups excluding carboxylic acids is 2. The van der Waals surface area contributed by atoms with Crippen LogP contribution >= 0.6 is 11.8 Å². The normalized spacial score (nSPS) is 13.0. The van der Waals surface area contributed by atoms with Crippen LogP contribution in [0.3, 0.4) is 0 Å². The molecule has 2 atom stereocenters. The molecule has 3 N–H and O–H groups in total. The molecule has 0 radical (unpaired) electrons. The molecular formula is C16H22N2O4S. The average molecular weight is 338 g/mol. The van der Waals surface area contributed by atoms with Gasteiger partial charge < -0.3 is 15.7 Å². The third-order valence-electron chi connectivity index (χ3n) is 3.08. The molecule has 0 aliphatic heterocycles. The smallest absolute Gasteiger partial charge is 0.326 e. The van der Waals surface area contributed by atoms with E-state index in [0.29, 0.717) is 18.5 Å². The molecule has 2 unspecified atom stereocenters. The Morgan fingerprint density at radius 3 is 2.43 bits per heavy atom.